The number of halogens is 1. The predicted octanol–water partition coefficient (Wildman–Crippen LogP) is 5.07. The minimum Gasteiger partial charge on any atom is -0.393 e. The van der Waals surface area contributed by atoms with E-state index in [0.29, 0.717) is 25.8 Å². The number of hydrogen-bond donors (Lipinski definition) is 2. The fourth-order valence-corrected chi connectivity index (χ4v) is 10.0. The van der Waals surface area contributed by atoms with E-state index >= 15 is 4.39 Å². The van der Waals surface area contributed by atoms with Gasteiger partial charge in [0.15, 0.2) is 17.2 Å². The van der Waals surface area contributed by atoms with Gasteiger partial charge in [-0.3, -0.25) is 9.48 Å². The van der Waals surface area contributed by atoms with Crippen LogP contribution in [0.5, 0.6) is 0 Å². The smallest absolute Gasteiger partial charge is 0.193 e. The van der Waals surface area contributed by atoms with Crippen LogP contribution in [0.25, 0.3) is 12.2 Å². The molecule has 1 aliphatic heterocycles. The number of hydrogen-bond acceptors (Lipinski definition) is 6. The van der Waals surface area contributed by atoms with E-state index in [1.807, 2.05) is 17.7 Å². The second kappa shape index (κ2) is 9.67. The van der Waals surface area contributed by atoms with Crippen LogP contribution in [0.2, 0.25) is 0 Å². The fraction of sp³-hybridized carbons (Fsp3) is 0.600. The first-order valence-electron chi connectivity index (χ1n) is 15.7. The molecule has 4 aliphatic carbocycles. The second-order valence-corrected chi connectivity index (χ2v) is 14.6. The quantitative estimate of drug-likeness (QED) is 0.505. The van der Waals surface area contributed by atoms with Gasteiger partial charge in [-0.15, -0.1) is 0 Å². The van der Waals surface area contributed by atoms with E-state index in [-0.39, 0.29) is 24.2 Å². The number of aliphatic hydroxyl groups excluding tert-OH is 2. The molecule has 7 nitrogen and oxygen atoms in total. The van der Waals surface area contributed by atoms with Crippen molar-refractivity contribution in [2.75, 3.05) is 6.61 Å². The molecule has 8 heteroatoms. The van der Waals surface area contributed by atoms with E-state index in [1.165, 1.54) is 5.56 Å². The number of aryl methyl sites for hydroxylation is 1. The summed E-state index contributed by atoms with van der Waals surface area (Å²) >= 11 is 0. The minimum absolute atomic E-state index is 0.0924. The summed E-state index contributed by atoms with van der Waals surface area (Å²) in [5, 5.41) is 26.8. The van der Waals surface area contributed by atoms with Crippen molar-refractivity contribution in [2.45, 2.75) is 96.6 Å². The second-order valence-electron chi connectivity index (χ2n) is 14.6. The first kappa shape index (κ1) is 29.1. The molecular weight excluding hydrogens is 547 g/mol. The lowest BCUT2D eigenvalue weighted by Crippen LogP contribution is -2.65. The summed E-state index contributed by atoms with van der Waals surface area (Å²) in [5.74, 6) is -1.84. The predicted molar refractivity (Wildman–Crippen MR) is 160 cm³/mol. The van der Waals surface area contributed by atoms with E-state index in [2.05, 4.69) is 56.5 Å². The monoisotopic (exact) mass is 590 g/mol. The molecule has 3 saturated carbocycles. The Kier molecular flexibility index (Phi) is 6.54. The number of alkyl halides is 1. The Morgan fingerprint density at radius 3 is 2.65 bits per heavy atom. The third-order valence-electron chi connectivity index (χ3n) is 11.6. The number of nitrogens with zero attached hydrogens (tertiary/aromatic N) is 2. The molecule has 0 amide bonds. The SMILES string of the molecule is Cc1ccc(/C=C/Cn2cc3c(n2)C=C2[C@@H](F)C[C@@H]4[C@H]([C@@H](O)C[C@@]5(C)[C@H]4C[C@H]4OC(C)(C)O[C@]45C(=O)CO)[C@@]2(C)C3)cc1. The van der Waals surface area contributed by atoms with Gasteiger partial charge in [-0.2, -0.15) is 5.10 Å². The Balaban J connectivity index is 1.19. The zero-order chi connectivity index (χ0) is 30.5. The van der Waals surface area contributed by atoms with Crippen LogP contribution in [-0.4, -0.2) is 62.2 Å². The molecule has 2 aromatic rings. The molecule has 4 fully saturated rings. The number of carbonyl (C=O) groups is 1. The Morgan fingerprint density at radius 2 is 1.93 bits per heavy atom. The van der Waals surface area contributed by atoms with Crippen molar-refractivity contribution in [3.63, 3.8) is 0 Å². The maximum atomic E-state index is 16.3. The average molecular weight is 591 g/mol. The zero-order valence-electron chi connectivity index (χ0n) is 25.7. The third kappa shape index (κ3) is 4.13. The number of ketones is 1. The molecule has 2 heterocycles. The largest absolute Gasteiger partial charge is 0.393 e. The summed E-state index contributed by atoms with van der Waals surface area (Å²) in [4.78, 5) is 13.5. The van der Waals surface area contributed by atoms with Gasteiger partial charge in [0.05, 0.1) is 24.4 Å². The minimum atomic E-state index is -1.36. The molecule has 9 atom stereocenters. The molecular formula is C35H43FN2O5. The third-order valence-corrected chi connectivity index (χ3v) is 11.6. The van der Waals surface area contributed by atoms with Gasteiger partial charge in [0.1, 0.15) is 12.8 Å². The first-order valence-corrected chi connectivity index (χ1v) is 15.7. The lowest BCUT2D eigenvalue weighted by molar-refractivity contribution is -0.228. The summed E-state index contributed by atoms with van der Waals surface area (Å²) in [7, 11) is 0. The number of aliphatic hydroxyl groups is 2. The first-order chi connectivity index (χ1) is 20.3. The molecule has 0 unspecified atom stereocenters. The summed E-state index contributed by atoms with van der Waals surface area (Å²) in [5.41, 5.74) is 2.19. The summed E-state index contributed by atoms with van der Waals surface area (Å²) in [6.07, 6.45) is 7.40. The molecule has 0 spiro atoms. The number of allylic oxidation sites excluding steroid dienone is 2. The molecule has 0 radical (unpaired) electrons. The van der Waals surface area contributed by atoms with Gasteiger partial charge >= 0.3 is 0 Å². The van der Waals surface area contributed by atoms with Crippen molar-refractivity contribution in [3.05, 3.63) is 64.5 Å². The van der Waals surface area contributed by atoms with Crippen molar-refractivity contribution in [3.8, 4) is 0 Å². The van der Waals surface area contributed by atoms with Crippen LogP contribution >= 0.6 is 0 Å². The van der Waals surface area contributed by atoms with E-state index in [4.69, 9.17) is 14.6 Å². The molecule has 230 valence electrons. The van der Waals surface area contributed by atoms with Crippen LogP contribution in [0.4, 0.5) is 4.39 Å². The van der Waals surface area contributed by atoms with Crippen LogP contribution in [0, 0.1) is 35.5 Å². The highest BCUT2D eigenvalue weighted by Gasteiger charge is 2.77. The maximum absolute atomic E-state index is 16.3. The average Bonchev–Trinajstić information content (AvgIpc) is 3.53. The van der Waals surface area contributed by atoms with Gasteiger partial charge in [-0.1, -0.05) is 55.8 Å². The fourth-order valence-electron chi connectivity index (χ4n) is 10.0. The van der Waals surface area contributed by atoms with Gasteiger partial charge in [-0.05, 0) is 87.0 Å². The molecule has 43 heavy (non-hydrogen) atoms. The van der Waals surface area contributed by atoms with E-state index in [9.17, 15) is 15.0 Å². The number of ether oxygens (including phenoxy) is 2. The number of benzene rings is 1. The van der Waals surface area contributed by atoms with Crippen LogP contribution in [0.1, 0.15) is 69.3 Å². The Labute approximate surface area is 252 Å². The molecule has 1 aromatic carbocycles. The number of rotatable bonds is 5. The van der Waals surface area contributed by atoms with E-state index < -0.39 is 53.0 Å². The van der Waals surface area contributed by atoms with Gasteiger partial charge < -0.3 is 19.7 Å². The van der Waals surface area contributed by atoms with Crippen LogP contribution in [0.3, 0.4) is 0 Å². The lowest BCUT2D eigenvalue weighted by atomic mass is 9.45. The normalized spacial score (nSPS) is 40.8. The summed E-state index contributed by atoms with van der Waals surface area (Å²) in [6, 6.07) is 8.36. The van der Waals surface area contributed by atoms with Crippen LogP contribution in [0.15, 0.2) is 42.1 Å². The highest BCUT2D eigenvalue weighted by Crippen LogP contribution is 2.70. The molecule has 1 aromatic heterocycles. The van der Waals surface area contributed by atoms with Crippen molar-refractivity contribution in [2.24, 2.45) is 28.6 Å². The Bertz CT molecular complexity index is 1510. The van der Waals surface area contributed by atoms with Crippen LogP contribution < -0.4 is 0 Å². The number of carbonyl (C=O) groups excluding carboxylic acids is 1. The van der Waals surface area contributed by atoms with Gasteiger partial charge in [0.25, 0.3) is 0 Å². The van der Waals surface area contributed by atoms with E-state index in [1.54, 1.807) is 13.8 Å². The highest BCUT2D eigenvalue weighted by molar-refractivity contribution is 5.91. The Morgan fingerprint density at radius 1 is 1.19 bits per heavy atom. The van der Waals surface area contributed by atoms with Crippen molar-refractivity contribution in [1.82, 2.24) is 9.78 Å². The van der Waals surface area contributed by atoms with Crippen LogP contribution in [-0.2, 0) is 27.2 Å². The Hall–Kier alpha value is -2.65. The molecule has 0 bridgehead atoms. The number of aromatic nitrogens is 2. The van der Waals surface area contributed by atoms with Crippen molar-refractivity contribution >= 4 is 17.9 Å². The lowest BCUT2D eigenvalue weighted by Gasteiger charge is -2.61. The number of fused-ring (bicyclic) bond motifs is 8. The van der Waals surface area contributed by atoms with Gasteiger partial charge in [0.2, 0.25) is 0 Å². The number of Topliss-reactive ketones (excluding diaryl/α,β-unsaturated/α-hetero) is 1. The molecule has 2 N–H and O–H groups in total. The van der Waals surface area contributed by atoms with Gasteiger partial charge in [0, 0.05) is 17.0 Å². The van der Waals surface area contributed by atoms with E-state index in [0.717, 1.165) is 22.4 Å². The van der Waals surface area contributed by atoms with Crippen molar-refractivity contribution < 1.29 is 28.9 Å². The molecule has 7 rings (SSSR count). The summed E-state index contributed by atoms with van der Waals surface area (Å²) < 4.78 is 30.9. The van der Waals surface area contributed by atoms with Crippen molar-refractivity contribution in [1.29, 1.82) is 0 Å². The molecule has 1 saturated heterocycles. The molecule has 5 aliphatic rings. The summed E-state index contributed by atoms with van der Waals surface area (Å²) in [6.45, 7) is 9.68. The standard InChI is InChI=1S/C35H43FN2O5/c1-20-8-10-21(11-9-20)7-6-12-38-18-22-16-33(4)25(14-27(22)37-38)26(36)13-23-24-15-30-35(29(41)19-39,43-32(2,3)42-30)34(24,5)17-28(40)31(23)33/h6-11,14,18,23-24,26,28,30-31,39-40H,12-13,15-17,19H2,1-5H3/b7-6+/t23-,24-,26-,28-,30+,31+,33-,34-,35+/m0/s1. The zero-order valence-corrected chi connectivity index (χ0v) is 25.7. The van der Waals surface area contributed by atoms with Gasteiger partial charge in [-0.25, -0.2) is 4.39 Å². The maximum Gasteiger partial charge on any atom is 0.193 e. The highest BCUT2D eigenvalue weighted by atomic mass is 19.1. The topological polar surface area (TPSA) is 93.8 Å².